The van der Waals surface area contributed by atoms with Crippen LogP contribution in [0.1, 0.15) is 11.8 Å². The van der Waals surface area contributed by atoms with Gasteiger partial charge >= 0.3 is 13.5 Å². The predicted octanol–water partition coefficient (Wildman–Crippen LogP) is -0.0520. The molecule has 6 nitrogen and oxygen atoms in total. The van der Waals surface area contributed by atoms with Gasteiger partial charge in [-0.2, -0.15) is 0 Å². The van der Waals surface area contributed by atoms with Crippen molar-refractivity contribution in [2.75, 3.05) is 0 Å². The summed E-state index contributed by atoms with van der Waals surface area (Å²) in [7, 11) is -2.16. The van der Waals surface area contributed by atoms with Crippen molar-refractivity contribution in [1.29, 1.82) is 0 Å². The molecule has 14 heavy (non-hydrogen) atoms. The molecule has 2 N–H and O–H groups in total. The highest BCUT2D eigenvalue weighted by Gasteiger charge is 2.28. The van der Waals surface area contributed by atoms with Crippen molar-refractivity contribution in [3.8, 4) is 0 Å². The molecule has 0 aliphatic heterocycles. The molecule has 0 saturated heterocycles. The van der Waals surface area contributed by atoms with E-state index in [4.69, 9.17) is 10.0 Å². The lowest BCUT2D eigenvalue weighted by atomic mass is 10.2. The van der Waals surface area contributed by atoms with Crippen LogP contribution in [0.3, 0.4) is 0 Å². The molecule has 0 aliphatic rings. The Morgan fingerprint density at radius 2 is 1.93 bits per heavy atom. The molecule has 7 heteroatoms. The van der Waals surface area contributed by atoms with Gasteiger partial charge in [-0.25, -0.2) is 0 Å². The molecule has 0 aliphatic carbocycles. The van der Waals surface area contributed by atoms with E-state index in [1.807, 2.05) is 0 Å². The second kappa shape index (κ2) is 4.70. The van der Waals surface area contributed by atoms with Gasteiger partial charge in [-0.15, -0.1) is 0 Å². The highest BCUT2D eigenvalue weighted by atomic mass is 16.7. The Labute approximate surface area is 80.1 Å². The molecule has 0 bridgehead atoms. The van der Waals surface area contributed by atoms with E-state index < -0.39 is 18.5 Å². The minimum Gasteiger partial charge on any atom is -0.402 e. The molecule has 0 aromatic heterocycles. The van der Waals surface area contributed by atoms with Crippen molar-refractivity contribution in [2.45, 2.75) is 6.23 Å². The highest BCUT2D eigenvalue weighted by Crippen LogP contribution is 2.17. The number of hydrogen-bond acceptors (Lipinski definition) is 5. The van der Waals surface area contributed by atoms with Crippen LogP contribution in [0.2, 0.25) is 0 Å². The lowest BCUT2D eigenvalue weighted by molar-refractivity contribution is -0.574. The van der Waals surface area contributed by atoms with E-state index in [0.717, 1.165) is 0 Å². The first-order chi connectivity index (χ1) is 6.61. The van der Waals surface area contributed by atoms with Crippen molar-refractivity contribution >= 4 is 7.32 Å². The molecule has 0 spiro atoms. The van der Waals surface area contributed by atoms with Gasteiger partial charge in [0.2, 0.25) is 0 Å². The van der Waals surface area contributed by atoms with Crippen molar-refractivity contribution in [1.82, 2.24) is 0 Å². The molecule has 1 rings (SSSR count). The summed E-state index contributed by atoms with van der Waals surface area (Å²) in [5.41, 5.74) is 0.255. The largest absolute Gasteiger partial charge is 0.639 e. The minimum absolute atomic E-state index is 0.255. The summed E-state index contributed by atoms with van der Waals surface area (Å²) in [5.74, 6) is 0. The molecular formula is C7H8BNO5. The van der Waals surface area contributed by atoms with Crippen LogP contribution in [-0.2, 0) is 4.65 Å². The number of benzene rings is 1. The molecule has 1 unspecified atom stereocenters. The van der Waals surface area contributed by atoms with E-state index >= 15 is 0 Å². The Morgan fingerprint density at radius 1 is 1.36 bits per heavy atom. The van der Waals surface area contributed by atoms with Gasteiger partial charge in [0.25, 0.3) is 0 Å². The van der Waals surface area contributed by atoms with Crippen LogP contribution < -0.4 is 0 Å². The van der Waals surface area contributed by atoms with Crippen molar-refractivity contribution in [3.05, 3.63) is 46.0 Å². The van der Waals surface area contributed by atoms with Gasteiger partial charge in [-0.1, -0.05) is 18.2 Å². The first-order valence-corrected chi connectivity index (χ1v) is 3.81. The number of rotatable bonds is 4. The minimum atomic E-state index is -2.16. The molecular weight excluding hydrogens is 189 g/mol. The average Bonchev–Trinajstić information content (AvgIpc) is 2.15. The fraction of sp³-hybridized carbons (Fsp3) is 0.143. The smallest absolute Gasteiger partial charge is 0.402 e. The monoisotopic (exact) mass is 197 g/mol. The quantitative estimate of drug-likeness (QED) is 0.305. The zero-order chi connectivity index (χ0) is 10.6. The average molecular weight is 197 g/mol. The summed E-state index contributed by atoms with van der Waals surface area (Å²) in [6.45, 7) is 0. The van der Waals surface area contributed by atoms with E-state index in [9.17, 15) is 10.1 Å². The zero-order valence-corrected chi connectivity index (χ0v) is 7.11. The first-order valence-electron chi connectivity index (χ1n) is 3.81. The SMILES string of the molecule is O=[N+]([O-])C(OB(O)O)c1ccccc1. The third-order valence-electron chi connectivity index (χ3n) is 1.53. The lowest BCUT2D eigenvalue weighted by Crippen LogP contribution is -2.25. The maximum Gasteiger partial charge on any atom is 0.639 e. The van der Waals surface area contributed by atoms with E-state index in [0.29, 0.717) is 0 Å². The Kier molecular flexibility index (Phi) is 3.58. The molecule has 0 heterocycles. The number of nitrogens with zero attached hydrogens (tertiary/aromatic N) is 1. The number of hydrogen-bond donors (Lipinski definition) is 2. The maximum atomic E-state index is 10.5. The van der Waals surface area contributed by atoms with E-state index in [1.54, 1.807) is 18.2 Å². The van der Waals surface area contributed by atoms with E-state index in [-0.39, 0.29) is 5.56 Å². The maximum absolute atomic E-state index is 10.5. The van der Waals surface area contributed by atoms with Crippen LogP contribution >= 0.6 is 0 Å². The Morgan fingerprint density at radius 3 is 2.36 bits per heavy atom. The Balaban J connectivity index is 2.84. The van der Waals surface area contributed by atoms with Crippen molar-refractivity contribution in [2.24, 2.45) is 0 Å². The summed E-state index contributed by atoms with van der Waals surface area (Å²) in [4.78, 5) is 9.75. The zero-order valence-electron chi connectivity index (χ0n) is 7.11. The van der Waals surface area contributed by atoms with Gasteiger partial charge < -0.3 is 14.7 Å². The number of nitro groups is 1. The molecule has 1 aromatic carbocycles. The van der Waals surface area contributed by atoms with E-state index in [1.165, 1.54) is 12.1 Å². The van der Waals surface area contributed by atoms with Gasteiger partial charge in [-0.3, -0.25) is 10.1 Å². The van der Waals surface area contributed by atoms with Crippen LogP contribution in [0.25, 0.3) is 0 Å². The molecule has 1 aromatic rings. The van der Waals surface area contributed by atoms with Gasteiger partial charge in [0.15, 0.2) is 0 Å². The summed E-state index contributed by atoms with van der Waals surface area (Å²) < 4.78 is 4.31. The third kappa shape index (κ3) is 2.80. The van der Waals surface area contributed by atoms with Crippen LogP contribution in [0.15, 0.2) is 30.3 Å². The van der Waals surface area contributed by atoms with Crippen LogP contribution in [0.5, 0.6) is 0 Å². The summed E-state index contributed by atoms with van der Waals surface area (Å²) >= 11 is 0. The first kappa shape index (κ1) is 10.6. The standard InChI is InChI=1S/C7H8BNO5/c10-8(11)14-7(9(12)13)6-4-2-1-3-5-6/h1-5,7,10-11H. The van der Waals surface area contributed by atoms with Crippen LogP contribution in [0.4, 0.5) is 0 Å². The molecule has 0 radical (unpaired) electrons. The molecule has 0 amide bonds. The lowest BCUT2D eigenvalue weighted by Gasteiger charge is -2.09. The van der Waals surface area contributed by atoms with Gasteiger partial charge in [0, 0.05) is 0 Å². The summed E-state index contributed by atoms with van der Waals surface area (Å²) in [6.07, 6.45) is -1.56. The molecule has 74 valence electrons. The third-order valence-corrected chi connectivity index (χ3v) is 1.53. The van der Waals surface area contributed by atoms with Crippen LogP contribution in [-0.4, -0.2) is 22.3 Å². The summed E-state index contributed by atoms with van der Waals surface area (Å²) in [6, 6.07) is 7.82. The second-order valence-corrected chi connectivity index (χ2v) is 2.51. The Hall–Kier alpha value is -1.44. The van der Waals surface area contributed by atoms with Crippen LogP contribution in [0, 0.1) is 10.1 Å². The van der Waals surface area contributed by atoms with Crippen molar-refractivity contribution in [3.63, 3.8) is 0 Å². The topological polar surface area (TPSA) is 92.8 Å². The molecule has 0 saturated carbocycles. The fourth-order valence-corrected chi connectivity index (χ4v) is 0.983. The van der Waals surface area contributed by atoms with Gasteiger partial charge in [0.05, 0.1) is 10.5 Å². The second-order valence-electron chi connectivity index (χ2n) is 2.51. The van der Waals surface area contributed by atoms with Gasteiger partial charge in [0.1, 0.15) is 0 Å². The predicted molar refractivity (Wildman–Crippen MR) is 47.5 cm³/mol. The highest BCUT2D eigenvalue weighted by molar-refractivity contribution is 6.32. The van der Waals surface area contributed by atoms with Gasteiger partial charge in [-0.05, 0) is 12.1 Å². The van der Waals surface area contributed by atoms with Crippen molar-refractivity contribution < 1.29 is 19.6 Å². The Bertz CT molecular complexity index is 304. The van der Waals surface area contributed by atoms with E-state index in [2.05, 4.69) is 4.65 Å². The molecule has 1 atom stereocenters. The normalized spacial score (nSPS) is 12.1. The summed E-state index contributed by atoms with van der Waals surface area (Å²) in [5, 5.41) is 27.4. The fourth-order valence-electron chi connectivity index (χ4n) is 0.983. The molecule has 0 fully saturated rings.